The molecule has 0 aliphatic carbocycles. The van der Waals surface area contributed by atoms with Crippen molar-refractivity contribution in [2.24, 2.45) is 5.92 Å². The number of nitrogens with one attached hydrogen (secondary N) is 1. The maximum absolute atomic E-state index is 5.63. The second-order valence-corrected chi connectivity index (χ2v) is 4.78. The van der Waals surface area contributed by atoms with Gasteiger partial charge in [-0.05, 0) is 31.7 Å². The van der Waals surface area contributed by atoms with Crippen LogP contribution in [0.5, 0.6) is 0 Å². The molecule has 0 aromatic carbocycles. The summed E-state index contributed by atoms with van der Waals surface area (Å²) >= 11 is 0. The molecule has 0 saturated carbocycles. The van der Waals surface area contributed by atoms with Gasteiger partial charge in [-0.2, -0.15) is 0 Å². The summed E-state index contributed by atoms with van der Waals surface area (Å²) in [6, 6.07) is 0.607. The number of hydrogen-bond acceptors (Lipinski definition) is 2. The third kappa shape index (κ3) is 11.8. The van der Waals surface area contributed by atoms with E-state index in [1.54, 1.807) is 0 Å². The number of rotatable bonds is 10. The average Bonchev–Trinajstić information content (AvgIpc) is 2.16. The molecule has 0 aromatic rings. The predicted molar refractivity (Wildman–Crippen MR) is 67.3 cm³/mol. The summed E-state index contributed by atoms with van der Waals surface area (Å²) < 4.78 is 5.63. The van der Waals surface area contributed by atoms with Crippen molar-refractivity contribution in [2.45, 2.75) is 59.4 Å². The van der Waals surface area contributed by atoms with Crippen molar-refractivity contribution in [2.75, 3.05) is 19.8 Å². The van der Waals surface area contributed by atoms with Gasteiger partial charge in [0.25, 0.3) is 0 Å². The van der Waals surface area contributed by atoms with E-state index in [1.807, 2.05) is 0 Å². The Morgan fingerprint density at radius 3 is 2.47 bits per heavy atom. The number of ether oxygens (including phenoxy) is 1. The lowest BCUT2D eigenvalue weighted by Crippen LogP contribution is -2.23. The van der Waals surface area contributed by atoms with Crippen LogP contribution in [0, 0.1) is 5.92 Å². The highest BCUT2D eigenvalue weighted by molar-refractivity contribution is 4.53. The summed E-state index contributed by atoms with van der Waals surface area (Å²) in [5.41, 5.74) is 0. The highest BCUT2D eigenvalue weighted by Gasteiger charge is 1.99. The van der Waals surface area contributed by atoms with Gasteiger partial charge in [-0.3, -0.25) is 0 Å². The van der Waals surface area contributed by atoms with E-state index in [0.29, 0.717) is 6.04 Å². The Morgan fingerprint density at radius 2 is 1.87 bits per heavy atom. The number of unbranched alkanes of at least 4 members (excludes halogenated alkanes) is 1. The van der Waals surface area contributed by atoms with Crippen LogP contribution < -0.4 is 5.32 Å². The fourth-order valence-electron chi connectivity index (χ4n) is 1.58. The van der Waals surface area contributed by atoms with Crippen molar-refractivity contribution in [3.05, 3.63) is 0 Å². The summed E-state index contributed by atoms with van der Waals surface area (Å²) in [4.78, 5) is 0. The fourth-order valence-corrected chi connectivity index (χ4v) is 1.58. The van der Waals surface area contributed by atoms with E-state index in [0.717, 1.165) is 25.7 Å². The Morgan fingerprint density at radius 1 is 1.13 bits per heavy atom. The van der Waals surface area contributed by atoms with Crippen molar-refractivity contribution in [3.8, 4) is 0 Å². The lowest BCUT2D eigenvalue weighted by atomic mass is 10.1. The molecular formula is C13H29NO. The summed E-state index contributed by atoms with van der Waals surface area (Å²) in [6.07, 6.45) is 4.96. The van der Waals surface area contributed by atoms with Crippen LogP contribution in [0.1, 0.15) is 53.4 Å². The van der Waals surface area contributed by atoms with Crippen molar-refractivity contribution < 1.29 is 4.74 Å². The molecule has 0 aliphatic rings. The molecule has 1 atom stereocenters. The van der Waals surface area contributed by atoms with Gasteiger partial charge in [-0.1, -0.05) is 34.1 Å². The van der Waals surface area contributed by atoms with Crippen LogP contribution in [-0.4, -0.2) is 25.8 Å². The van der Waals surface area contributed by atoms with E-state index in [9.17, 15) is 0 Å². The first-order chi connectivity index (χ1) is 7.16. The van der Waals surface area contributed by atoms with Gasteiger partial charge < -0.3 is 10.1 Å². The summed E-state index contributed by atoms with van der Waals surface area (Å²) in [6.45, 7) is 11.8. The van der Waals surface area contributed by atoms with Crippen LogP contribution in [0.15, 0.2) is 0 Å². The quantitative estimate of drug-likeness (QED) is 0.565. The van der Waals surface area contributed by atoms with E-state index in [2.05, 4.69) is 33.0 Å². The zero-order valence-corrected chi connectivity index (χ0v) is 11.0. The van der Waals surface area contributed by atoms with Gasteiger partial charge in [-0.25, -0.2) is 0 Å². The van der Waals surface area contributed by atoms with Crippen molar-refractivity contribution in [1.82, 2.24) is 5.32 Å². The second-order valence-electron chi connectivity index (χ2n) is 4.78. The van der Waals surface area contributed by atoms with Crippen LogP contribution in [0.2, 0.25) is 0 Å². The highest BCUT2D eigenvalue weighted by Crippen LogP contribution is 2.05. The minimum atomic E-state index is 0.607. The normalized spacial score (nSPS) is 13.4. The molecule has 0 fully saturated rings. The number of hydrogen-bond donors (Lipinski definition) is 1. The smallest absolute Gasteiger partial charge is 0.0491 e. The molecule has 0 radical (unpaired) electrons. The fraction of sp³-hybridized carbons (Fsp3) is 1.00. The molecule has 0 heterocycles. The molecule has 0 rings (SSSR count). The highest BCUT2D eigenvalue weighted by atomic mass is 16.5. The van der Waals surface area contributed by atoms with Crippen molar-refractivity contribution in [1.29, 1.82) is 0 Å². The Labute approximate surface area is 95.8 Å². The molecule has 15 heavy (non-hydrogen) atoms. The summed E-state index contributed by atoms with van der Waals surface area (Å²) in [7, 11) is 0. The largest absolute Gasteiger partial charge is 0.381 e. The molecule has 0 bridgehead atoms. The lowest BCUT2D eigenvalue weighted by molar-refractivity contribution is 0.0986. The van der Waals surface area contributed by atoms with Crippen LogP contribution in [0.4, 0.5) is 0 Å². The lowest BCUT2D eigenvalue weighted by Gasteiger charge is -2.11. The Hall–Kier alpha value is -0.0800. The van der Waals surface area contributed by atoms with Crippen LogP contribution >= 0.6 is 0 Å². The van der Waals surface area contributed by atoms with Crippen LogP contribution in [-0.2, 0) is 4.74 Å². The first-order valence-corrected chi connectivity index (χ1v) is 6.48. The molecule has 2 heteroatoms. The molecular weight excluding hydrogens is 186 g/mol. The molecule has 0 aromatic heterocycles. The average molecular weight is 215 g/mol. The molecule has 92 valence electrons. The molecule has 1 N–H and O–H groups in total. The van der Waals surface area contributed by atoms with Gasteiger partial charge in [0, 0.05) is 19.3 Å². The Kier molecular flexibility index (Phi) is 10.4. The third-order valence-electron chi connectivity index (χ3n) is 2.45. The van der Waals surface area contributed by atoms with Gasteiger partial charge in [0.1, 0.15) is 0 Å². The topological polar surface area (TPSA) is 21.3 Å². The van der Waals surface area contributed by atoms with E-state index < -0.39 is 0 Å². The first-order valence-electron chi connectivity index (χ1n) is 6.48. The van der Waals surface area contributed by atoms with E-state index >= 15 is 0 Å². The third-order valence-corrected chi connectivity index (χ3v) is 2.45. The maximum atomic E-state index is 5.63. The molecule has 1 unspecified atom stereocenters. The first kappa shape index (κ1) is 14.9. The van der Waals surface area contributed by atoms with Crippen molar-refractivity contribution >= 4 is 0 Å². The zero-order chi connectivity index (χ0) is 11.5. The van der Waals surface area contributed by atoms with E-state index in [1.165, 1.54) is 25.7 Å². The van der Waals surface area contributed by atoms with Crippen LogP contribution in [0.3, 0.4) is 0 Å². The van der Waals surface area contributed by atoms with Gasteiger partial charge in [0.05, 0.1) is 0 Å². The summed E-state index contributed by atoms with van der Waals surface area (Å²) in [5, 5.41) is 3.41. The molecule has 0 aliphatic heterocycles. The maximum Gasteiger partial charge on any atom is 0.0491 e. The van der Waals surface area contributed by atoms with Gasteiger partial charge in [0.15, 0.2) is 0 Å². The zero-order valence-electron chi connectivity index (χ0n) is 11.0. The van der Waals surface area contributed by atoms with Crippen molar-refractivity contribution in [3.63, 3.8) is 0 Å². The molecule has 0 amide bonds. The second kappa shape index (κ2) is 10.4. The summed E-state index contributed by atoms with van der Waals surface area (Å²) in [5.74, 6) is 0.726. The SMILES string of the molecule is CCCC(C)COCCCCNC(C)C. The van der Waals surface area contributed by atoms with Gasteiger partial charge in [0.2, 0.25) is 0 Å². The molecule has 0 spiro atoms. The van der Waals surface area contributed by atoms with E-state index in [-0.39, 0.29) is 0 Å². The Balaban J connectivity index is 3.04. The molecule has 2 nitrogen and oxygen atoms in total. The monoisotopic (exact) mass is 215 g/mol. The van der Waals surface area contributed by atoms with Gasteiger partial charge >= 0.3 is 0 Å². The predicted octanol–water partition coefficient (Wildman–Crippen LogP) is 3.22. The standard InChI is InChI=1S/C13H29NO/c1-5-8-13(4)11-15-10-7-6-9-14-12(2)3/h12-14H,5-11H2,1-4H3. The minimum Gasteiger partial charge on any atom is -0.381 e. The van der Waals surface area contributed by atoms with E-state index in [4.69, 9.17) is 4.74 Å². The molecule has 0 saturated heterocycles. The Bertz CT molecular complexity index is 126. The van der Waals surface area contributed by atoms with Crippen LogP contribution in [0.25, 0.3) is 0 Å². The minimum absolute atomic E-state index is 0.607. The van der Waals surface area contributed by atoms with Gasteiger partial charge in [-0.15, -0.1) is 0 Å².